The number of carbonyl (C=O) groups is 1. The molecule has 0 atom stereocenters. The van der Waals surface area contributed by atoms with Gasteiger partial charge in [-0.3, -0.25) is 4.79 Å². The Balaban J connectivity index is 1.76. The van der Waals surface area contributed by atoms with Crippen molar-refractivity contribution < 1.29 is 9.63 Å². The lowest BCUT2D eigenvalue weighted by Gasteiger charge is -2.04. The van der Waals surface area contributed by atoms with Crippen molar-refractivity contribution in [3.63, 3.8) is 0 Å². The van der Waals surface area contributed by atoms with Crippen molar-refractivity contribution in [3.8, 4) is 0 Å². The number of halogens is 2. The van der Waals surface area contributed by atoms with E-state index in [2.05, 4.69) is 42.3 Å². The molecule has 1 N–H and O–H groups in total. The zero-order valence-electron chi connectivity index (χ0n) is 10.9. The average Bonchev–Trinajstić information content (AvgIpc) is 2.48. The van der Waals surface area contributed by atoms with Crippen LogP contribution in [-0.4, -0.2) is 18.7 Å². The molecule has 2 aromatic rings. The first-order valence-electron chi connectivity index (χ1n) is 6.10. The summed E-state index contributed by atoms with van der Waals surface area (Å²) in [5.74, 6) is -0.259. The predicted octanol–water partition coefficient (Wildman–Crippen LogP) is 4.20. The number of anilines is 1. The van der Waals surface area contributed by atoms with E-state index in [1.807, 2.05) is 36.4 Å². The summed E-state index contributed by atoms with van der Waals surface area (Å²) in [7, 11) is 0. The zero-order valence-corrected chi connectivity index (χ0v) is 14.1. The first-order valence-corrected chi connectivity index (χ1v) is 7.68. The van der Waals surface area contributed by atoms with E-state index in [0.29, 0.717) is 5.69 Å². The third-order valence-electron chi connectivity index (χ3n) is 2.47. The molecule has 2 rings (SSSR count). The molecule has 2 aromatic carbocycles. The molecule has 21 heavy (non-hydrogen) atoms. The van der Waals surface area contributed by atoms with Crippen molar-refractivity contribution >= 4 is 49.7 Å². The van der Waals surface area contributed by atoms with Crippen LogP contribution in [0.2, 0.25) is 0 Å². The topological polar surface area (TPSA) is 50.7 Å². The lowest BCUT2D eigenvalue weighted by atomic mass is 10.2. The van der Waals surface area contributed by atoms with Gasteiger partial charge in [-0.1, -0.05) is 49.1 Å². The molecule has 6 heteroatoms. The minimum Gasteiger partial charge on any atom is -0.386 e. The van der Waals surface area contributed by atoms with E-state index < -0.39 is 0 Å². The number of rotatable bonds is 5. The van der Waals surface area contributed by atoms with Crippen molar-refractivity contribution in [3.05, 3.63) is 63.0 Å². The van der Waals surface area contributed by atoms with E-state index in [1.54, 1.807) is 18.3 Å². The van der Waals surface area contributed by atoms with Crippen molar-refractivity contribution in [1.29, 1.82) is 0 Å². The molecule has 0 spiro atoms. The van der Waals surface area contributed by atoms with E-state index in [-0.39, 0.29) is 12.5 Å². The summed E-state index contributed by atoms with van der Waals surface area (Å²) in [5, 5.41) is 6.47. The molecule has 0 radical (unpaired) electrons. The smallest absolute Gasteiger partial charge is 0.265 e. The summed E-state index contributed by atoms with van der Waals surface area (Å²) in [6.45, 7) is -0.136. The maximum absolute atomic E-state index is 11.6. The highest BCUT2D eigenvalue weighted by Crippen LogP contribution is 2.14. The van der Waals surface area contributed by atoms with Gasteiger partial charge in [0, 0.05) is 14.6 Å². The minimum absolute atomic E-state index is 0.136. The molecule has 4 nitrogen and oxygen atoms in total. The highest BCUT2D eigenvalue weighted by molar-refractivity contribution is 9.10. The number of oxime groups is 1. The fraction of sp³-hybridized carbons (Fsp3) is 0.0667. The van der Waals surface area contributed by atoms with Gasteiger partial charge in [0.25, 0.3) is 5.91 Å². The summed E-state index contributed by atoms with van der Waals surface area (Å²) in [6, 6.07) is 14.9. The summed E-state index contributed by atoms with van der Waals surface area (Å²) in [5.41, 5.74) is 1.61. The van der Waals surface area contributed by atoms with Gasteiger partial charge in [0.15, 0.2) is 6.61 Å². The van der Waals surface area contributed by atoms with Crippen LogP contribution in [0.1, 0.15) is 5.56 Å². The molecule has 0 aliphatic carbocycles. The summed E-state index contributed by atoms with van der Waals surface area (Å²) in [6.07, 6.45) is 1.55. The van der Waals surface area contributed by atoms with Crippen molar-refractivity contribution in [2.24, 2.45) is 5.16 Å². The second kappa shape index (κ2) is 7.95. The molecule has 0 unspecified atom stereocenters. The second-order valence-corrected chi connectivity index (χ2v) is 5.95. The Morgan fingerprint density at radius 1 is 1.05 bits per heavy atom. The number of nitrogens with one attached hydrogen (secondary N) is 1. The molecular formula is C15H12Br2N2O2. The number of benzene rings is 2. The Labute approximate surface area is 139 Å². The van der Waals surface area contributed by atoms with Gasteiger partial charge in [-0.05, 0) is 42.0 Å². The molecule has 0 aliphatic rings. The predicted molar refractivity (Wildman–Crippen MR) is 90.5 cm³/mol. The van der Waals surface area contributed by atoms with Crippen LogP contribution in [0.15, 0.2) is 62.6 Å². The van der Waals surface area contributed by atoms with Crippen molar-refractivity contribution in [1.82, 2.24) is 0 Å². The van der Waals surface area contributed by atoms with Crippen LogP contribution in [0.4, 0.5) is 5.69 Å². The molecule has 0 heterocycles. The van der Waals surface area contributed by atoms with Crippen LogP contribution in [0.5, 0.6) is 0 Å². The number of hydrogen-bond donors (Lipinski definition) is 1. The number of carbonyl (C=O) groups excluding carboxylic acids is 1. The monoisotopic (exact) mass is 410 g/mol. The fourth-order valence-corrected chi connectivity index (χ4v) is 2.00. The molecule has 0 saturated carbocycles. The fourth-order valence-electron chi connectivity index (χ4n) is 1.47. The van der Waals surface area contributed by atoms with E-state index in [9.17, 15) is 4.79 Å². The lowest BCUT2D eigenvalue weighted by molar-refractivity contribution is -0.120. The van der Waals surface area contributed by atoms with Crippen molar-refractivity contribution in [2.45, 2.75) is 0 Å². The van der Waals surface area contributed by atoms with Crippen LogP contribution < -0.4 is 5.32 Å². The Morgan fingerprint density at radius 3 is 2.24 bits per heavy atom. The maximum atomic E-state index is 11.6. The summed E-state index contributed by atoms with van der Waals surface area (Å²) < 4.78 is 1.95. The third-order valence-corrected chi connectivity index (χ3v) is 3.53. The summed E-state index contributed by atoms with van der Waals surface area (Å²) in [4.78, 5) is 16.6. The molecule has 0 saturated heterocycles. The molecule has 0 aromatic heterocycles. The standard InChI is InChI=1S/C15H12Br2N2O2/c16-12-3-1-11(2-4-12)9-18-21-10-15(20)19-14-7-5-13(17)6-8-14/h1-9H,10H2,(H,19,20)/b18-9-. The molecule has 0 bridgehead atoms. The Bertz CT molecular complexity index is 625. The maximum Gasteiger partial charge on any atom is 0.265 e. The quantitative estimate of drug-likeness (QED) is 0.592. The van der Waals surface area contributed by atoms with Crippen molar-refractivity contribution in [2.75, 3.05) is 11.9 Å². The SMILES string of the molecule is O=C(CO/N=C\c1ccc(Br)cc1)Nc1ccc(Br)cc1. The molecule has 0 fully saturated rings. The first kappa shape index (κ1) is 15.7. The third kappa shape index (κ3) is 5.69. The van der Waals surface area contributed by atoms with Gasteiger partial charge >= 0.3 is 0 Å². The van der Waals surface area contributed by atoms with Crippen LogP contribution in [0, 0.1) is 0 Å². The van der Waals surface area contributed by atoms with Crippen LogP contribution in [0.3, 0.4) is 0 Å². The van der Waals surface area contributed by atoms with Gasteiger partial charge in [-0.2, -0.15) is 0 Å². The van der Waals surface area contributed by atoms with E-state index in [0.717, 1.165) is 14.5 Å². The largest absolute Gasteiger partial charge is 0.386 e. The Kier molecular flexibility index (Phi) is 5.95. The number of nitrogens with zero attached hydrogens (tertiary/aromatic N) is 1. The average molecular weight is 412 g/mol. The van der Waals surface area contributed by atoms with E-state index in [1.165, 1.54) is 0 Å². The molecule has 0 aliphatic heterocycles. The normalized spacial score (nSPS) is 10.6. The zero-order chi connectivity index (χ0) is 15.1. The Morgan fingerprint density at radius 2 is 1.62 bits per heavy atom. The Hall–Kier alpha value is -1.66. The van der Waals surface area contributed by atoms with E-state index in [4.69, 9.17) is 4.84 Å². The van der Waals surface area contributed by atoms with Crippen LogP contribution >= 0.6 is 31.9 Å². The van der Waals surface area contributed by atoms with Gasteiger partial charge in [-0.15, -0.1) is 0 Å². The first-order chi connectivity index (χ1) is 10.1. The second-order valence-electron chi connectivity index (χ2n) is 4.11. The van der Waals surface area contributed by atoms with Gasteiger partial charge in [0.1, 0.15) is 0 Å². The van der Waals surface area contributed by atoms with Gasteiger partial charge < -0.3 is 10.2 Å². The van der Waals surface area contributed by atoms with Crippen LogP contribution in [-0.2, 0) is 9.63 Å². The highest BCUT2D eigenvalue weighted by Gasteiger charge is 2.02. The summed E-state index contributed by atoms with van der Waals surface area (Å²) >= 11 is 6.68. The van der Waals surface area contributed by atoms with Gasteiger partial charge in [0.05, 0.1) is 6.21 Å². The molecular weight excluding hydrogens is 400 g/mol. The lowest BCUT2D eigenvalue weighted by Crippen LogP contribution is -2.16. The number of hydrogen-bond acceptors (Lipinski definition) is 3. The number of amides is 1. The molecule has 108 valence electrons. The molecule has 1 amide bonds. The van der Waals surface area contributed by atoms with Crippen LogP contribution in [0.25, 0.3) is 0 Å². The van der Waals surface area contributed by atoms with Gasteiger partial charge in [-0.25, -0.2) is 0 Å². The van der Waals surface area contributed by atoms with E-state index >= 15 is 0 Å². The van der Waals surface area contributed by atoms with Gasteiger partial charge in [0.2, 0.25) is 0 Å². The minimum atomic E-state index is -0.259. The highest BCUT2D eigenvalue weighted by atomic mass is 79.9.